The molecule has 5 heteroatoms. The predicted octanol–water partition coefficient (Wildman–Crippen LogP) is 3.19. The summed E-state index contributed by atoms with van der Waals surface area (Å²) in [6, 6.07) is 3.39. The quantitative estimate of drug-likeness (QED) is 0.885. The fourth-order valence-corrected chi connectivity index (χ4v) is 1.95. The summed E-state index contributed by atoms with van der Waals surface area (Å²) in [6.45, 7) is 1.83. The number of benzene rings is 1. The molecule has 15 heavy (non-hydrogen) atoms. The van der Waals surface area contributed by atoms with Crippen LogP contribution in [0.5, 0.6) is 0 Å². The topological polar surface area (TPSA) is 26.0 Å². The van der Waals surface area contributed by atoms with Crippen LogP contribution >= 0.6 is 15.9 Å². The number of hydrogen-bond acceptors (Lipinski definition) is 1. The number of aryl methyl sites for hydroxylation is 1. The molecule has 1 aromatic rings. The SMILES string of the molecule is Cc1cc(Br)cc(CC(N)C(F)(F)F)c1. The summed E-state index contributed by atoms with van der Waals surface area (Å²) in [4.78, 5) is 0. The Bertz CT molecular complexity index is 329. The summed E-state index contributed by atoms with van der Waals surface area (Å²) in [6.07, 6.45) is -4.53. The normalized spacial score (nSPS) is 14.0. The first kappa shape index (κ1) is 12.5. The van der Waals surface area contributed by atoms with Gasteiger partial charge in [0, 0.05) is 4.47 Å². The Morgan fingerprint density at radius 2 is 1.93 bits per heavy atom. The van der Waals surface area contributed by atoms with Gasteiger partial charge in [0.2, 0.25) is 0 Å². The van der Waals surface area contributed by atoms with Gasteiger partial charge in [-0.05, 0) is 36.6 Å². The van der Waals surface area contributed by atoms with Crippen LogP contribution in [-0.4, -0.2) is 12.2 Å². The van der Waals surface area contributed by atoms with Crippen molar-refractivity contribution in [3.63, 3.8) is 0 Å². The second-order valence-corrected chi connectivity index (χ2v) is 4.40. The molecule has 0 fully saturated rings. The van der Waals surface area contributed by atoms with Gasteiger partial charge >= 0.3 is 6.18 Å². The second kappa shape index (κ2) is 4.53. The molecule has 0 aliphatic carbocycles. The fraction of sp³-hybridized carbons (Fsp3) is 0.400. The van der Waals surface area contributed by atoms with Crippen molar-refractivity contribution in [2.75, 3.05) is 0 Å². The molecule has 0 amide bonds. The Balaban J connectivity index is 2.81. The number of halogens is 4. The second-order valence-electron chi connectivity index (χ2n) is 3.49. The van der Waals surface area contributed by atoms with Crippen LogP contribution in [0, 0.1) is 6.92 Å². The molecule has 2 N–H and O–H groups in total. The lowest BCUT2D eigenvalue weighted by Gasteiger charge is -2.15. The Kier molecular flexibility index (Phi) is 3.78. The van der Waals surface area contributed by atoms with Crippen molar-refractivity contribution < 1.29 is 13.2 Å². The van der Waals surface area contributed by atoms with E-state index in [1.807, 2.05) is 13.0 Å². The maximum Gasteiger partial charge on any atom is 0.403 e. The molecule has 84 valence electrons. The highest BCUT2D eigenvalue weighted by Gasteiger charge is 2.36. The monoisotopic (exact) mass is 281 g/mol. The molecule has 1 nitrogen and oxygen atoms in total. The summed E-state index contributed by atoms with van der Waals surface area (Å²) in [5, 5.41) is 0. The average Bonchev–Trinajstić information content (AvgIpc) is 1.99. The van der Waals surface area contributed by atoms with Crippen LogP contribution in [0.4, 0.5) is 13.2 Å². The first-order valence-electron chi connectivity index (χ1n) is 4.37. The van der Waals surface area contributed by atoms with Gasteiger partial charge in [0.05, 0.1) is 0 Å². The molecule has 0 spiro atoms. The standard InChI is InChI=1S/C10H11BrF3N/c1-6-2-7(4-8(11)3-6)5-9(15)10(12,13)14/h2-4,9H,5,15H2,1H3. The average molecular weight is 282 g/mol. The highest BCUT2D eigenvalue weighted by Crippen LogP contribution is 2.23. The highest BCUT2D eigenvalue weighted by atomic mass is 79.9. The van der Waals surface area contributed by atoms with Crippen molar-refractivity contribution >= 4 is 15.9 Å². The maximum absolute atomic E-state index is 12.2. The minimum absolute atomic E-state index is 0.191. The molecule has 1 rings (SSSR count). The maximum atomic E-state index is 12.2. The van der Waals surface area contributed by atoms with Crippen molar-refractivity contribution in [2.24, 2.45) is 5.73 Å². The molecule has 1 atom stereocenters. The molecule has 0 saturated heterocycles. The number of alkyl halides is 3. The third-order valence-electron chi connectivity index (χ3n) is 1.98. The number of rotatable bonds is 2. The summed E-state index contributed by atoms with van der Waals surface area (Å²) in [7, 11) is 0. The van der Waals surface area contributed by atoms with E-state index in [2.05, 4.69) is 15.9 Å². The zero-order chi connectivity index (χ0) is 11.6. The molecular weight excluding hydrogens is 271 g/mol. The zero-order valence-corrected chi connectivity index (χ0v) is 9.69. The lowest BCUT2D eigenvalue weighted by Crippen LogP contribution is -2.39. The van der Waals surface area contributed by atoms with E-state index < -0.39 is 12.2 Å². The van der Waals surface area contributed by atoms with E-state index in [0.717, 1.165) is 10.0 Å². The first-order chi connectivity index (χ1) is 6.79. The smallest absolute Gasteiger partial charge is 0.320 e. The van der Waals surface area contributed by atoms with Crippen LogP contribution < -0.4 is 5.73 Å². The van der Waals surface area contributed by atoms with Gasteiger partial charge in [-0.3, -0.25) is 0 Å². The molecule has 0 heterocycles. The highest BCUT2D eigenvalue weighted by molar-refractivity contribution is 9.10. The van der Waals surface area contributed by atoms with Crippen LogP contribution in [-0.2, 0) is 6.42 Å². The van der Waals surface area contributed by atoms with Crippen LogP contribution in [0.15, 0.2) is 22.7 Å². The van der Waals surface area contributed by atoms with E-state index in [1.165, 1.54) is 0 Å². The van der Waals surface area contributed by atoms with Gasteiger partial charge in [-0.15, -0.1) is 0 Å². The Labute approximate surface area is 94.6 Å². The van der Waals surface area contributed by atoms with Crippen molar-refractivity contribution in [3.8, 4) is 0 Å². The summed E-state index contributed by atoms with van der Waals surface area (Å²) in [5.74, 6) is 0. The van der Waals surface area contributed by atoms with Gasteiger partial charge < -0.3 is 5.73 Å². The Hall–Kier alpha value is -0.550. The molecule has 0 aliphatic heterocycles. The van der Waals surface area contributed by atoms with Crippen LogP contribution in [0.3, 0.4) is 0 Å². The van der Waals surface area contributed by atoms with Crippen LogP contribution in [0.1, 0.15) is 11.1 Å². The van der Waals surface area contributed by atoms with Gasteiger partial charge in [-0.1, -0.05) is 22.0 Å². The fourth-order valence-electron chi connectivity index (χ4n) is 1.30. The molecule has 0 aliphatic rings. The first-order valence-corrected chi connectivity index (χ1v) is 5.16. The van der Waals surface area contributed by atoms with Crippen molar-refractivity contribution in [2.45, 2.75) is 25.6 Å². The molecule has 1 aromatic carbocycles. The van der Waals surface area contributed by atoms with E-state index in [0.29, 0.717) is 5.56 Å². The number of hydrogen-bond donors (Lipinski definition) is 1. The van der Waals surface area contributed by atoms with Crippen LogP contribution in [0.25, 0.3) is 0 Å². The van der Waals surface area contributed by atoms with Crippen molar-refractivity contribution in [1.29, 1.82) is 0 Å². The van der Waals surface area contributed by atoms with Gasteiger partial charge in [0.15, 0.2) is 0 Å². The van der Waals surface area contributed by atoms with E-state index in [-0.39, 0.29) is 6.42 Å². The van der Waals surface area contributed by atoms with Crippen molar-refractivity contribution in [3.05, 3.63) is 33.8 Å². The van der Waals surface area contributed by atoms with Crippen LogP contribution in [0.2, 0.25) is 0 Å². The minimum atomic E-state index is -4.34. The summed E-state index contributed by atoms with van der Waals surface area (Å²) >= 11 is 3.23. The Morgan fingerprint density at radius 1 is 1.33 bits per heavy atom. The molecule has 1 unspecified atom stereocenters. The van der Waals surface area contributed by atoms with E-state index in [9.17, 15) is 13.2 Å². The largest absolute Gasteiger partial charge is 0.403 e. The lowest BCUT2D eigenvalue weighted by atomic mass is 10.0. The molecule has 0 aromatic heterocycles. The van der Waals surface area contributed by atoms with E-state index in [1.54, 1.807) is 12.1 Å². The van der Waals surface area contributed by atoms with E-state index >= 15 is 0 Å². The Morgan fingerprint density at radius 3 is 2.40 bits per heavy atom. The third kappa shape index (κ3) is 3.83. The summed E-state index contributed by atoms with van der Waals surface area (Å²) < 4.78 is 37.4. The summed E-state index contributed by atoms with van der Waals surface area (Å²) in [5.41, 5.74) is 6.54. The molecule has 0 saturated carbocycles. The van der Waals surface area contributed by atoms with Crippen molar-refractivity contribution in [1.82, 2.24) is 0 Å². The minimum Gasteiger partial charge on any atom is -0.320 e. The lowest BCUT2D eigenvalue weighted by molar-refractivity contribution is -0.147. The van der Waals surface area contributed by atoms with E-state index in [4.69, 9.17) is 5.73 Å². The van der Waals surface area contributed by atoms with Gasteiger partial charge in [-0.2, -0.15) is 13.2 Å². The van der Waals surface area contributed by atoms with Gasteiger partial charge in [-0.25, -0.2) is 0 Å². The molecule has 0 bridgehead atoms. The molecular formula is C10H11BrF3N. The third-order valence-corrected chi connectivity index (χ3v) is 2.44. The number of nitrogens with two attached hydrogens (primary N) is 1. The van der Waals surface area contributed by atoms with Gasteiger partial charge in [0.1, 0.15) is 6.04 Å². The molecule has 0 radical (unpaired) electrons. The zero-order valence-electron chi connectivity index (χ0n) is 8.11. The van der Waals surface area contributed by atoms with Gasteiger partial charge in [0.25, 0.3) is 0 Å². The predicted molar refractivity (Wildman–Crippen MR) is 56.6 cm³/mol.